The number of hydrogen-bond acceptors (Lipinski definition) is 6. The maximum Gasteiger partial charge on any atom is 0.465 e. The summed E-state index contributed by atoms with van der Waals surface area (Å²) in [4.78, 5) is 22.4. The van der Waals surface area contributed by atoms with Gasteiger partial charge in [0.15, 0.2) is 11.5 Å². The fraction of sp³-hybridized carbons (Fsp3) is 0.529. The molecular formula is C17H14F10O6. The van der Waals surface area contributed by atoms with Crippen LogP contribution >= 0.6 is 0 Å². The van der Waals surface area contributed by atoms with Crippen LogP contribution in [0.3, 0.4) is 0 Å². The van der Waals surface area contributed by atoms with Crippen molar-refractivity contribution in [2.24, 2.45) is 0 Å². The van der Waals surface area contributed by atoms with Crippen molar-refractivity contribution in [1.29, 1.82) is 0 Å². The molecule has 16 heteroatoms. The summed E-state index contributed by atoms with van der Waals surface area (Å²) in [6, 6.07) is 2.36. The maximum absolute atomic E-state index is 13.1. The second kappa shape index (κ2) is 10.0. The van der Waals surface area contributed by atoms with E-state index in [-0.39, 0.29) is 12.2 Å². The van der Waals surface area contributed by atoms with Crippen LogP contribution in [0.25, 0.3) is 0 Å². The summed E-state index contributed by atoms with van der Waals surface area (Å²) in [7, 11) is 0.887. The molecule has 0 heterocycles. The topological polar surface area (TPSA) is 71.1 Å². The molecule has 1 atom stereocenters. The second-order valence-electron chi connectivity index (χ2n) is 5.99. The summed E-state index contributed by atoms with van der Waals surface area (Å²) < 4.78 is 143. The zero-order valence-corrected chi connectivity index (χ0v) is 16.5. The summed E-state index contributed by atoms with van der Waals surface area (Å²) in [5.41, 5.74) is -0.167. The van der Waals surface area contributed by atoms with E-state index in [1.807, 2.05) is 0 Å². The third-order valence-corrected chi connectivity index (χ3v) is 3.72. The molecule has 188 valence electrons. The van der Waals surface area contributed by atoms with Crippen LogP contribution in [-0.4, -0.2) is 56.5 Å². The molecular weight excluding hydrogens is 490 g/mol. The monoisotopic (exact) mass is 504 g/mol. The molecule has 0 radical (unpaired) electrons. The van der Waals surface area contributed by atoms with Gasteiger partial charge in [0.1, 0.15) is 12.7 Å². The lowest BCUT2D eigenvalue weighted by Crippen LogP contribution is -2.46. The van der Waals surface area contributed by atoms with E-state index >= 15 is 0 Å². The number of alkyl halides is 10. The van der Waals surface area contributed by atoms with E-state index in [2.05, 4.69) is 9.47 Å². The van der Waals surface area contributed by atoms with Crippen molar-refractivity contribution in [3.8, 4) is 11.5 Å². The predicted molar refractivity (Wildman–Crippen MR) is 86.0 cm³/mol. The predicted octanol–water partition coefficient (Wildman–Crippen LogP) is 4.62. The first kappa shape index (κ1) is 28.3. The van der Waals surface area contributed by atoms with Gasteiger partial charge in [0.25, 0.3) is 0 Å². The molecule has 0 saturated heterocycles. The normalized spacial score (nSPS) is 13.9. The van der Waals surface area contributed by atoms with Gasteiger partial charge in [-0.25, -0.2) is 9.59 Å². The average molecular weight is 504 g/mol. The molecule has 0 bridgehead atoms. The first-order chi connectivity index (χ1) is 14.9. The van der Waals surface area contributed by atoms with Gasteiger partial charge < -0.3 is 18.9 Å². The molecule has 0 spiro atoms. The van der Waals surface area contributed by atoms with Crippen LogP contribution in [0.1, 0.15) is 18.6 Å². The Labute approximate surface area is 178 Å². The van der Waals surface area contributed by atoms with Crippen molar-refractivity contribution >= 4 is 11.9 Å². The molecule has 1 rings (SSSR count). The molecule has 0 N–H and O–H groups in total. The Hall–Kier alpha value is -2.78. The Kier molecular flexibility index (Phi) is 8.57. The van der Waals surface area contributed by atoms with E-state index in [1.54, 1.807) is 0 Å². The zero-order valence-electron chi connectivity index (χ0n) is 16.5. The Morgan fingerprint density at radius 3 is 1.82 bits per heavy atom. The molecule has 0 amide bonds. The molecule has 0 aliphatic heterocycles. The SMILES string of the molecule is CCOC(COC(=O)C(F)(F)C(F)(F)F)c1ccc(OC(=O)C(F)(F)C(F)(F)F)c(OC)c1. The number of esters is 2. The fourth-order valence-electron chi connectivity index (χ4n) is 2.05. The smallest absolute Gasteiger partial charge is 0.465 e. The summed E-state index contributed by atoms with van der Waals surface area (Å²) >= 11 is 0. The highest BCUT2D eigenvalue weighted by atomic mass is 19.4. The molecule has 33 heavy (non-hydrogen) atoms. The minimum Gasteiger partial charge on any atom is -0.493 e. The van der Waals surface area contributed by atoms with Crippen molar-refractivity contribution in [2.45, 2.75) is 37.2 Å². The fourth-order valence-corrected chi connectivity index (χ4v) is 2.05. The number of ether oxygens (including phenoxy) is 4. The summed E-state index contributed by atoms with van der Waals surface area (Å²) in [5.74, 6) is -19.1. The number of hydrogen-bond donors (Lipinski definition) is 0. The van der Waals surface area contributed by atoms with Gasteiger partial charge in [0.05, 0.1) is 7.11 Å². The largest absolute Gasteiger partial charge is 0.493 e. The average Bonchev–Trinajstić information content (AvgIpc) is 2.69. The molecule has 0 aromatic heterocycles. The summed E-state index contributed by atoms with van der Waals surface area (Å²) in [5, 5.41) is 0. The van der Waals surface area contributed by atoms with Crippen molar-refractivity contribution in [2.75, 3.05) is 20.3 Å². The van der Waals surface area contributed by atoms with Gasteiger partial charge in [-0.05, 0) is 24.6 Å². The summed E-state index contributed by atoms with van der Waals surface area (Å²) in [6.07, 6.45) is -14.0. The molecule has 0 aliphatic carbocycles. The van der Waals surface area contributed by atoms with Crippen LogP contribution in [-0.2, 0) is 19.1 Å². The number of rotatable bonds is 9. The Bertz CT molecular complexity index is 850. The molecule has 0 aliphatic rings. The number of benzene rings is 1. The highest BCUT2D eigenvalue weighted by Gasteiger charge is 2.66. The van der Waals surface area contributed by atoms with Gasteiger partial charge in [0, 0.05) is 6.61 Å². The van der Waals surface area contributed by atoms with Gasteiger partial charge in [-0.3, -0.25) is 0 Å². The van der Waals surface area contributed by atoms with Crippen molar-refractivity contribution in [1.82, 2.24) is 0 Å². The third-order valence-electron chi connectivity index (χ3n) is 3.72. The Morgan fingerprint density at radius 2 is 1.36 bits per heavy atom. The van der Waals surface area contributed by atoms with Gasteiger partial charge in [-0.2, -0.15) is 43.9 Å². The number of methoxy groups -OCH3 is 1. The number of carbonyl (C=O) groups excluding carboxylic acids is 2. The molecule has 0 fully saturated rings. The van der Waals surface area contributed by atoms with E-state index in [0.29, 0.717) is 6.07 Å². The van der Waals surface area contributed by atoms with Gasteiger partial charge in [-0.15, -0.1) is 0 Å². The molecule has 1 aromatic rings. The van der Waals surface area contributed by atoms with Crippen molar-refractivity contribution in [3.63, 3.8) is 0 Å². The standard InChI is InChI=1S/C17H14F10O6/c1-3-31-11(7-32-12(28)14(18,19)16(22,23)24)8-4-5-9(10(6-8)30-2)33-13(29)15(20,21)17(25,26)27/h4-6,11H,3,7H2,1-2H3. The molecule has 1 unspecified atom stereocenters. The van der Waals surface area contributed by atoms with Gasteiger partial charge >= 0.3 is 36.1 Å². The van der Waals surface area contributed by atoms with Crippen LogP contribution in [0.15, 0.2) is 18.2 Å². The third kappa shape index (κ3) is 6.39. The van der Waals surface area contributed by atoms with Crippen LogP contribution in [0.2, 0.25) is 0 Å². The lowest BCUT2D eigenvalue weighted by Gasteiger charge is -2.22. The van der Waals surface area contributed by atoms with Gasteiger partial charge in [-0.1, -0.05) is 6.07 Å². The Balaban J connectivity index is 3.11. The van der Waals surface area contributed by atoms with E-state index < -0.39 is 60.3 Å². The lowest BCUT2D eigenvalue weighted by atomic mass is 10.1. The Morgan fingerprint density at radius 1 is 0.848 bits per heavy atom. The van der Waals surface area contributed by atoms with E-state index in [1.165, 1.54) is 6.92 Å². The highest BCUT2D eigenvalue weighted by Crippen LogP contribution is 2.39. The van der Waals surface area contributed by atoms with Crippen LogP contribution < -0.4 is 9.47 Å². The van der Waals surface area contributed by atoms with Crippen molar-refractivity contribution in [3.05, 3.63) is 23.8 Å². The molecule has 6 nitrogen and oxygen atoms in total. The highest BCUT2D eigenvalue weighted by molar-refractivity contribution is 5.81. The molecule has 0 saturated carbocycles. The van der Waals surface area contributed by atoms with Crippen molar-refractivity contribution < 1.29 is 72.4 Å². The van der Waals surface area contributed by atoms with E-state index in [4.69, 9.17) is 9.47 Å². The van der Waals surface area contributed by atoms with Crippen LogP contribution in [0.5, 0.6) is 11.5 Å². The first-order valence-electron chi connectivity index (χ1n) is 8.48. The quantitative estimate of drug-likeness (QED) is 0.278. The van der Waals surface area contributed by atoms with Crippen LogP contribution in [0.4, 0.5) is 43.9 Å². The molecule has 1 aromatic carbocycles. The van der Waals surface area contributed by atoms with E-state index in [9.17, 15) is 53.5 Å². The maximum atomic E-state index is 13.1. The second-order valence-corrected chi connectivity index (χ2v) is 5.99. The zero-order chi connectivity index (χ0) is 25.8. The summed E-state index contributed by atoms with van der Waals surface area (Å²) in [6.45, 7) is 0.00720. The first-order valence-corrected chi connectivity index (χ1v) is 8.48. The van der Waals surface area contributed by atoms with E-state index in [0.717, 1.165) is 19.2 Å². The number of carbonyl (C=O) groups is 2. The van der Waals surface area contributed by atoms with Gasteiger partial charge in [0.2, 0.25) is 0 Å². The minimum absolute atomic E-state index is 0.167. The number of halogens is 10. The minimum atomic E-state index is -6.25. The van der Waals surface area contributed by atoms with Crippen LogP contribution in [0, 0.1) is 0 Å². The lowest BCUT2D eigenvalue weighted by molar-refractivity contribution is -0.281.